The Morgan fingerprint density at radius 3 is 2.62 bits per heavy atom. The quantitative estimate of drug-likeness (QED) is 0.829. The van der Waals surface area contributed by atoms with Crippen LogP contribution in [-0.4, -0.2) is 25.7 Å². The molecule has 0 aliphatic carbocycles. The van der Waals surface area contributed by atoms with Gasteiger partial charge in [0.2, 0.25) is 0 Å². The number of carbonyl (C=O) groups is 1. The van der Waals surface area contributed by atoms with Gasteiger partial charge in [0.15, 0.2) is 5.88 Å². The Hall–Kier alpha value is -2.79. The highest BCUT2D eigenvalue weighted by atomic mass is 16.5. The van der Waals surface area contributed by atoms with Crippen molar-refractivity contribution in [2.75, 3.05) is 30.0 Å². The second-order valence-corrected chi connectivity index (χ2v) is 5.47. The Bertz CT molecular complexity index is 698. The Morgan fingerprint density at radius 2 is 1.92 bits per heavy atom. The van der Waals surface area contributed by atoms with Crippen molar-refractivity contribution in [3.05, 3.63) is 72.6 Å². The first-order valence-corrected chi connectivity index (χ1v) is 7.83. The number of rotatable bonds is 6. The first-order chi connectivity index (χ1) is 11.7. The number of nitrogens with zero attached hydrogens (tertiary/aromatic N) is 1. The van der Waals surface area contributed by atoms with E-state index in [0.717, 1.165) is 16.9 Å². The predicted molar refractivity (Wildman–Crippen MR) is 93.6 cm³/mol. The van der Waals surface area contributed by atoms with Crippen molar-refractivity contribution in [3.8, 4) is 0 Å². The van der Waals surface area contributed by atoms with Crippen LogP contribution in [0, 0.1) is 0 Å². The summed E-state index contributed by atoms with van der Waals surface area (Å²) in [5.74, 6) is 0.464. The van der Waals surface area contributed by atoms with Gasteiger partial charge in [0.1, 0.15) is 13.2 Å². The first kappa shape index (κ1) is 16.1. The summed E-state index contributed by atoms with van der Waals surface area (Å²) in [6.07, 6.45) is 0. The van der Waals surface area contributed by atoms with E-state index in [2.05, 4.69) is 11.9 Å². The summed E-state index contributed by atoms with van der Waals surface area (Å²) in [5.41, 5.74) is 2.81. The molecule has 0 unspecified atom stereocenters. The fourth-order valence-corrected chi connectivity index (χ4v) is 2.46. The highest BCUT2D eigenvalue weighted by Crippen LogP contribution is 2.20. The zero-order chi connectivity index (χ0) is 16.8. The van der Waals surface area contributed by atoms with Crippen LogP contribution in [0.4, 0.5) is 11.4 Å². The van der Waals surface area contributed by atoms with Crippen LogP contribution in [0.25, 0.3) is 0 Å². The molecule has 0 bridgehead atoms. The smallest absolute Gasteiger partial charge is 0.253 e. The molecule has 5 nitrogen and oxygen atoms in total. The van der Waals surface area contributed by atoms with Gasteiger partial charge in [-0.15, -0.1) is 0 Å². The molecule has 1 N–H and O–H groups in total. The average Bonchev–Trinajstić information content (AvgIpc) is 2.62. The summed E-state index contributed by atoms with van der Waals surface area (Å²) in [4.78, 5) is 13.6. The van der Waals surface area contributed by atoms with Crippen molar-refractivity contribution >= 4 is 17.3 Å². The number of hydrogen-bond donors (Lipinski definition) is 1. The van der Waals surface area contributed by atoms with Crippen molar-refractivity contribution in [3.63, 3.8) is 0 Å². The van der Waals surface area contributed by atoms with Crippen LogP contribution < -0.4 is 10.2 Å². The van der Waals surface area contributed by atoms with Crippen LogP contribution in [0.15, 0.2) is 67.1 Å². The molecule has 24 heavy (non-hydrogen) atoms. The third kappa shape index (κ3) is 4.14. The fourth-order valence-electron chi connectivity index (χ4n) is 2.46. The number of nitrogens with one attached hydrogen (secondary N) is 1. The minimum absolute atomic E-state index is 0.0161. The van der Waals surface area contributed by atoms with Crippen LogP contribution in [0.1, 0.15) is 5.56 Å². The SMILES string of the molecule is C=C(Nc1ccc(N2CCOCC2=O)cc1)OCc1ccccc1. The first-order valence-electron chi connectivity index (χ1n) is 7.83. The van der Waals surface area contributed by atoms with Gasteiger partial charge in [0.05, 0.1) is 6.61 Å². The zero-order valence-electron chi connectivity index (χ0n) is 13.4. The molecular formula is C19H20N2O3. The number of amides is 1. The number of hydrogen-bond acceptors (Lipinski definition) is 4. The molecule has 0 saturated carbocycles. The lowest BCUT2D eigenvalue weighted by Crippen LogP contribution is -2.41. The largest absolute Gasteiger partial charge is 0.475 e. The number of morpholine rings is 1. The molecule has 1 amide bonds. The standard InChI is InChI=1S/C19H20N2O3/c1-15(24-13-16-5-3-2-4-6-16)20-17-7-9-18(10-8-17)21-11-12-23-14-19(21)22/h2-10,20H,1,11-14H2. The minimum atomic E-state index is -0.0161. The van der Waals surface area contributed by atoms with Crippen molar-refractivity contribution in [2.45, 2.75) is 6.61 Å². The molecule has 0 aromatic heterocycles. The molecule has 124 valence electrons. The van der Waals surface area contributed by atoms with Gasteiger partial charge >= 0.3 is 0 Å². The zero-order valence-corrected chi connectivity index (χ0v) is 13.4. The molecule has 0 radical (unpaired) electrons. The van der Waals surface area contributed by atoms with Crippen molar-refractivity contribution in [1.29, 1.82) is 0 Å². The highest BCUT2D eigenvalue weighted by Gasteiger charge is 2.19. The second-order valence-electron chi connectivity index (χ2n) is 5.47. The maximum atomic E-state index is 11.8. The molecule has 1 heterocycles. The number of benzene rings is 2. The van der Waals surface area contributed by atoms with Crippen molar-refractivity contribution in [1.82, 2.24) is 0 Å². The molecule has 1 saturated heterocycles. The molecule has 5 heteroatoms. The summed E-state index contributed by atoms with van der Waals surface area (Å²) in [7, 11) is 0. The number of anilines is 2. The molecule has 1 aliphatic rings. The molecule has 2 aromatic carbocycles. The molecule has 0 atom stereocenters. The molecular weight excluding hydrogens is 304 g/mol. The third-order valence-corrected chi connectivity index (χ3v) is 3.70. The van der Waals surface area contributed by atoms with Crippen LogP contribution in [0.5, 0.6) is 0 Å². The van der Waals surface area contributed by atoms with Gasteiger partial charge in [-0.1, -0.05) is 30.3 Å². The predicted octanol–water partition coefficient (Wildman–Crippen LogP) is 3.15. The van der Waals surface area contributed by atoms with Crippen molar-refractivity contribution in [2.24, 2.45) is 0 Å². The topological polar surface area (TPSA) is 50.8 Å². The van der Waals surface area contributed by atoms with Gasteiger partial charge in [-0.25, -0.2) is 0 Å². The molecule has 0 spiro atoms. The van der Waals surface area contributed by atoms with E-state index in [4.69, 9.17) is 9.47 Å². The molecule has 1 aliphatic heterocycles. The van der Waals surface area contributed by atoms with Crippen LogP contribution >= 0.6 is 0 Å². The van der Waals surface area contributed by atoms with Crippen LogP contribution in [0.3, 0.4) is 0 Å². The number of ether oxygens (including phenoxy) is 2. The summed E-state index contributed by atoms with van der Waals surface area (Å²) in [6, 6.07) is 17.5. The third-order valence-electron chi connectivity index (χ3n) is 3.70. The Labute approximate surface area is 141 Å². The lowest BCUT2D eigenvalue weighted by molar-refractivity contribution is -0.125. The maximum Gasteiger partial charge on any atom is 0.253 e. The molecule has 3 rings (SSSR count). The van der Waals surface area contributed by atoms with Crippen LogP contribution in [-0.2, 0) is 20.9 Å². The van der Waals surface area contributed by atoms with E-state index in [9.17, 15) is 4.79 Å². The summed E-state index contributed by atoms with van der Waals surface area (Å²) in [5, 5.41) is 3.11. The second kappa shape index (κ2) is 7.66. The van der Waals surface area contributed by atoms with Gasteiger partial charge in [0, 0.05) is 17.9 Å². The van der Waals surface area contributed by atoms with Crippen molar-refractivity contribution < 1.29 is 14.3 Å². The lowest BCUT2D eigenvalue weighted by atomic mass is 10.2. The monoisotopic (exact) mass is 324 g/mol. The Kier molecular flexibility index (Phi) is 5.13. The van der Waals surface area contributed by atoms with E-state index in [1.807, 2.05) is 54.6 Å². The van der Waals surface area contributed by atoms with Gasteiger partial charge in [0.25, 0.3) is 5.91 Å². The normalized spacial score (nSPS) is 14.3. The summed E-state index contributed by atoms with van der Waals surface area (Å²) >= 11 is 0. The number of carbonyl (C=O) groups excluding carboxylic acids is 1. The highest BCUT2D eigenvalue weighted by molar-refractivity contribution is 5.95. The van der Waals surface area contributed by atoms with E-state index in [1.54, 1.807) is 4.90 Å². The lowest BCUT2D eigenvalue weighted by Gasteiger charge is -2.27. The van der Waals surface area contributed by atoms with E-state index >= 15 is 0 Å². The van der Waals surface area contributed by atoms with Gasteiger partial charge in [-0.2, -0.15) is 0 Å². The van der Waals surface area contributed by atoms with E-state index in [-0.39, 0.29) is 12.5 Å². The van der Waals surface area contributed by atoms with E-state index in [1.165, 1.54) is 0 Å². The fraction of sp³-hybridized carbons (Fsp3) is 0.211. The Balaban J connectivity index is 1.54. The average molecular weight is 324 g/mol. The van der Waals surface area contributed by atoms with Gasteiger partial charge in [-0.05, 0) is 36.4 Å². The minimum Gasteiger partial charge on any atom is -0.475 e. The van der Waals surface area contributed by atoms with Gasteiger partial charge < -0.3 is 19.7 Å². The molecule has 1 fully saturated rings. The molecule has 2 aromatic rings. The Morgan fingerprint density at radius 1 is 1.17 bits per heavy atom. The summed E-state index contributed by atoms with van der Waals surface area (Å²) in [6.45, 7) is 5.63. The summed E-state index contributed by atoms with van der Waals surface area (Å²) < 4.78 is 10.8. The van der Waals surface area contributed by atoms with Crippen LogP contribution in [0.2, 0.25) is 0 Å². The maximum absolute atomic E-state index is 11.8. The van der Waals surface area contributed by atoms with E-state index in [0.29, 0.717) is 25.6 Å². The van der Waals surface area contributed by atoms with E-state index < -0.39 is 0 Å². The van der Waals surface area contributed by atoms with Gasteiger partial charge in [-0.3, -0.25) is 4.79 Å².